The zero-order valence-electron chi connectivity index (χ0n) is 15.6. The highest BCUT2D eigenvalue weighted by molar-refractivity contribution is 5.94. The van der Waals surface area contributed by atoms with Gasteiger partial charge in [-0.2, -0.15) is 0 Å². The number of rotatable bonds is 6. The van der Waals surface area contributed by atoms with Gasteiger partial charge in [-0.15, -0.1) is 0 Å². The van der Waals surface area contributed by atoms with Crippen LogP contribution >= 0.6 is 0 Å². The molecule has 1 fully saturated rings. The third-order valence-electron chi connectivity index (χ3n) is 4.72. The highest BCUT2D eigenvalue weighted by Crippen LogP contribution is 2.21. The fourth-order valence-corrected chi connectivity index (χ4v) is 3.18. The summed E-state index contributed by atoms with van der Waals surface area (Å²) >= 11 is 0. The molecule has 5 heteroatoms. The van der Waals surface area contributed by atoms with Crippen LogP contribution in [0.5, 0.6) is 0 Å². The Labute approximate surface area is 155 Å². The number of nitrogens with zero attached hydrogens (tertiary/aromatic N) is 2. The Bertz CT molecular complexity index is 717. The molecular formula is C21H28N4O. The monoisotopic (exact) mass is 352 g/mol. The highest BCUT2D eigenvalue weighted by atomic mass is 16.1. The number of amides is 1. The van der Waals surface area contributed by atoms with Crippen LogP contribution in [0.3, 0.4) is 0 Å². The Morgan fingerprint density at radius 2 is 2.12 bits per heavy atom. The maximum absolute atomic E-state index is 12.4. The van der Waals surface area contributed by atoms with Crippen LogP contribution in [0.2, 0.25) is 0 Å². The second kappa shape index (κ2) is 8.81. The van der Waals surface area contributed by atoms with Crippen LogP contribution in [0, 0.1) is 5.92 Å². The molecule has 2 aromatic rings. The summed E-state index contributed by atoms with van der Waals surface area (Å²) in [5.41, 5.74) is 1.95. The smallest absolute Gasteiger partial charge is 0.251 e. The van der Waals surface area contributed by atoms with Crippen molar-refractivity contribution in [2.45, 2.75) is 26.3 Å². The number of aromatic nitrogens is 1. The first kappa shape index (κ1) is 18.4. The Hall–Kier alpha value is -2.40. The third-order valence-corrected chi connectivity index (χ3v) is 4.72. The summed E-state index contributed by atoms with van der Waals surface area (Å²) in [7, 11) is 0. The van der Waals surface area contributed by atoms with Gasteiger partial charge in [0, 0.05) is 44.0 Å². The minimum atomic E-state index is -0.0240. The van der Waals surface area contributed by atoms with Gasteiger partial charge in [-0.25, -0.2) is 4.98 Å². The molecule has 138 valence electrons. The lowest BCUT2D eigenvalue weighted by Gasteiger charge is -2.34. The molecule has 0 unspecified atom stereocenters. The topological polar surface area (TPSA) is 57.3 Å². The molecule has 26 heavy (non-hydrogen) atoms. The summed E-state index contributed by atoms with van der Waals surface area (Å²) in [6.07, 6.45) is 2.71. The van der Waals surface area contributed by atoms with Crippen LogP contribution in [0.15, 0.2) is 48.7 Å². The zero-order valence-corrected chi connectivity index (χ0v) is 15.6. The normalized spacial score (nSPS) is 17.3. The number of benzene rings is 1. The predicted octanol–water partition coefficient (Wildman–Crippen LogP) is 3.01. The number of carbonyl (C=O) groups excluding carboxylic acids is 1. The SMILES string of the molecule is CC(C)CCNC(=O)c1ccnc(N2CCN[C@H](c3ccccc3)C2)c1. The van der Waals surface area contributed by atoms with Gasteiger partial charge in [-0.3, -0.25) is 4.79 Å². The van der Waals surface area contributed by atoms with Gasteiger partial charge < -0.3 is 15.5 Å². The van der Waals surface area contributed by atoms with Gasteiger partial charge in [-0.05, 0) is 30.0 Å². The van der Waals surface area contributed by atoms with E-state index in [-0.39, 0.29) is 11.9 Å². The summed E-state index contributed by atoms with van der Waals surface area (Å²) in [4.78, 5) is 19.1. The van der Waals surface area contributed by atoms with Crippen molar-refractivity contribution in [3.8, 4) is 0 Å². The van der Waals surface area contributed by atoms with Gasteiger partial charge in [0.2, 0.25) is 0 Å². The van der Waals surface area contributed by atoms with E-state index in [1.807, 2.05) is 12.1 Å². The molecule has 1 amide bonds. The first-order valence-electron chi connectivity index (χ1n) is 9.41. The van der Waals surface area contributed by atoms with Crippen molar-refractivity contribution in [1.82, 2.24) is 15.6 Å². The summed E-state index contributed by atoms with van der Waals surface area (Å²) < 4.78 is 0. The van der Waals surface area contributed by atoms with E-state index in [4.69, 9.17) is 0 Å². The Morgan fingerprint density at radius 3 is 2.88 bits per heavy atom. The van der Waals surface area contributed by atoms with Gasteiger partial charge in [-0.1, -0.05) is 44.2 Å². The van der Waals surface area contributed by atoms with Gasteiger partial charge in [0.05, 0.1) is 0 Å². The Kier molecular flexibility index (Phi) is 6.23. The number of carbonyl (C=O) groups is 1. The number of anilines is 1. The van der Waals surface area contributed by atoms with E-state index in [1.54, 1.807) is 12.3 Å². The summed E-state index contributed by atoms with van der Waals surface area (Å²) in [5, 5.41) is 6.56. The van der Waals surface area contributed by atoms with Gasteiger partial charge in [0.15, 0.2) is 0 Å². The summed E-state index contributed by atoms with van der Waals surface area (Å²) in [5.74, 6) is 1.42. The van der Waals surface area contributed by atoms with Crippen molar-refractivity contribution in [2.24, 2.45) is 5.92 Å². The molecule has 3 rings (SSSR count). The fraction of sp³-hybridized carbons (Fsp3) is 0.429. The van der Waals surface area contributed by atoms with Crippen LogP contribution < -0.4 is 15.5 Å². The minimum absolute atomic E-state index is 0.0240. The molecule has 0 saturated carbocycles. The molecule has 1 aromatic heterocycles. The van der Waals surface area contributed by atoms with E-state index < -0.39 is 0 Å². The molecule has 1 aliphatic heterocycles. The third kappa shape index (κ3) is 4.82. The predicted molar refractivity (Wildman–Crippen MR) is 105 cm³/mol. The fourth-order valence-electron chi connectivity index (χ4n) is 3.18. The Morgan fingerprint density at radius 1 is 1.31 bits per heavy atom. The summed E-state index contributed by atoms with van der Waals surface area (Å²) in [6, 6.07) is 14.4. The lowest BCUT2D eigenvalue weighted by atomic mass is 10.0. The maximum Gasteiger partial charge on any atom is 0.251 e. The van der Waals surface area contributed by atoms with E-state index in [0.29, 0.717) is 18.0 Å². The largest absolute Gasteiger partial charge is 0.353 e. The van der Waals surface area contributed by atoms with Crippen molar-refractivity contribution in [1.29, 1.82) is 0 Å². The van der Waals surface area contributed by atoms with E-state index in [0.717, 1.165) is 31.9 Å². The number of piperazine rings is 1. The maximum atomic E-state index is 12.4. The van der Waals surface area contributed by atoms with Gasteiger partial charge in [0.1, 0.15) is 5.82 Å². The van der Waals surface area contributed by atoms with Crippen molar-refractivity contribution in [3.63, 3.8) is 0 Å². The second-order valence-electron chi connectivity index (χ2n) is 7.20. The quantitative estimate of drug-likeness (QED) is 0.839. The van der Waals surface area contributed by atoms with E-state index in [1.165, 1.54) is 5.56 Å². The molecule has 1 saturated heterocycles. The van der Waals surface area contributed by atoms with Crippen molar-refractivity contribution in [3.05, 3.63) is 59.8 Å². The van der Waals surface area contributed by atoms with Crippen LogP contribution in [0.1, 0.15) is 42.2 Å². The summed E-state index contributed by atoms with van der Waals surface area (Å²) in [6.45, 7) is 7.64. The number of nitrogens with one attached hydrogen (secondary N) is 2. The molecule has 0 aliphatic carbocycles. The number of hydrogen-bond donors (Lipinski definition) is 2. The molecule has 0 bridgehead atoms. The molecule has 1 aromatic carbocycles. The van der Waals surface area contributed by atoms with E-state index in [2.05, 4.69) is 58.6 Å². The molecule has 0 spiro atoms. The first-order chi connectivity index (χ1) is 12.6. The number of hydrogen-bond acceptors (Lipinski definition) is 4. The average Bonchev–Trinajstić information content (AvgIpc) is 2.68. The second-order valence-corrected chi connectivity index (χ2v) is 7.20. The minimum Gasteiger partial charge on any atom is -0.353 e. The van der Waals surface area contributed by atoms with Crippen molar-refractivity contribution in [2.75, 3.05) is 31.1 Å². The van der Waals surface area contributed by atoms with Crippen LogP contribution in [-0.4, -0.2) is 37.1 Å². The van der Waals surface area contributed by atoms with Gasteiger partial charge in [0.25, 0.3) is 5.91 Å². The van der Waals surface area contributed by atoms with Crippen molar-refractivity contribution < 1.29 is 4.79 Å². The molecule has 1 atom stereocenters. The van der Waals surface area contributed by atoms with Crippen LogP contribution in [0.25, 0.3) is 0 Å². The zero-order chi connectivity index (χ0) is 18.4. The molecular weight excluding hydrogens is 324 g/mol. The number of pyridine rings is 1. The van der Waals surface area contributed by atoms with Gasteiger partial charge >= 0.3 is 0 Å². The van der Waals surface area contributed by atoms with E-state index in [9.17, 15) is 4.79 Å². The first-order valence-corrected chi connectivity index (χ1v) is 9.41. The van der Waals surface area contributed by atoms with Crippen LogP contribution in [-0.2, 0) is 0 Å². The van der Waals surface area contributed by atoms with E-state index >= 15 is 0 Å². The van der Waals surface area contributed by atoms with Crippen LogP contribution in [0.4, 0.5) is 5.82 Å². The molecule has 5 nitrogen and oxygen atoms in total. The lowest BCUT2D eigenvalue weighted by Crippen LogP contribution is -2.46. The molecule has 2 N–H and O–H groups in total. The molecule has 0 radical (unpaired) electrons. The average molecular weight is 352 g/mol. The Balaban J connectivity index is 1.66. The highest BCUT2D eigenvalue weighted by Gasteiger charge is 2.22. The molecule has 1 aliphatic rings. The standard InChI is InChI=1S/C21H28N4O/c1-16(2)8-10-24-21(26)18-9-11-23-20(14-18)25-13-12-22-19(15-25)17-6-4-3-5-7-17/h3-7,9,11,14,16,19,22H,8,10,12-13,15H2,1-2H3,(H,24,26)/t19-/m0/s1. The molecule has 2 heterocycles. The lowest BCUT2D eigenvalue weighted by molar-refractivity contribution is 0.0952. The van der Waals surface area contributed by atoms with Crippen molar-refractivity contribution >= 4 is 11.7 Å².